The Hall–Kier alpha value is -4.46. The number of carbonyl (C=O) groups excluding carboxylic acids is 2. The summed E-state index contributed by atoms with van der Waals surface area (Å²) in [5.74, 6) is 0.306. The molecular formula is C28H25N3O5. The van der Waals surface area contributed by atoms with Crippen molar-refractivity contribution < 1.29 is 23.5 Å². The highest BCUT2D eigenvalue weighted by Gasteiger charge is 2.43. The van der Waals surface area contributed by atoms with Gasteiger partial charge >= 0.3 is 5.97 Å². The van der Waals surface area contributed by atoms with Crippen molar-refractivity contribution in [2.75, 3.05) is 12.0 Å². The molecule has 0 bridgehead atoms. The van der Waals surface area contributed by atoms with Crippen molar-refractivity contribution in [1.29, 1.82) is 0 Å². The van der Waals surface area contributed by atoms with Gasteiger partial charge in [-0.1, -0.05) is 35.9 Å². The van der Waals surface area contributed by atoms with Crippen LogP contribution in [0.3, 0.4) is 0 Å². The molecule has 0 spiro atoms. The summed E-state index contributed by atoms with van der Waals surface area (Å²) in [6, 6.07) is 21.4. The normalized spacial score (nSPS) is 17.6. The molecule has 2 unspecified atom stereocenters. The summed E-state index contributed by atoms with van der Waals surface area (Å²) in [5.41, 5.74) is 3.27. The molecule has 0 radical (unpaired) electrons. The van der Waals surface area contributed by atoms with Crippen LogP contribution in [0.1, 0.15) is 30.0 Å². The van der Waals surface area contributed by atoms with E-state index in [4.69, 9.17) is 13.9 Å². The van der Waals surface area contributed by atoms with Crippen LogP contribution in [0.2, 0.25) is 0 Å². The van der Waals surface area contributed by atoms with Gasteiger partial charge in [0.25, 0.3) is 0 Å². The molecule has 182 valence electrons. The van der Waals surface area contributed by atoms with Gasteiger partial charge in [0.05, 0.1) is 19.1 Å². The molecule has 1 fully saturated rings. The minimum absolute atomic E-state index is 0.0530. The molecule has 3 aromatic carbocycles. The Kier molecular flexibility index (Phi) is 6.49. The second-order valence-electron chi connectivity index (χ2n) is 8.62. The number of carbonyl (C=O) groups is 2. The van der Waals surface area contributed by atoms with Crippen LogP contribution in [0.5, 0.6) is 11.5 Å². The molecule has 2 atom stereocenters. The van der Waals surface area contributed by atoms with E-state index in [9.17, 15) is 9.59 Å². The van der Waals surface area contributed by atoms with E-state index in [1.807, 2.05) is 55.5 Å². The number of piperidine rings is 1. The molecule has 0 saturated carbocycles. The number of aryl methyl sites for hydroxylation is 1. The molecule has 8 heteroatoms. The number of aromatic nitrogens is 2. The maximum Gasteiger partial charge on any atom is 0.316 e. The van der Waals surface area contributed by atoms with Gasteiger partial charge in [0.1, 0.15) is 11.5 Å². The molecule has 36 heavy (non-hydrogen) atoms. The maximum absolute atomic E-state index is 13.6. The van der Waals surface area contributed by atoms with Gasteiger partial charge in [0, 0.05) is 23.2 Å². The molecule has 0 N–H and O–H groups in total. The predicted molar refractivity (Wildman–Crippen MR) is 132 cm³/mol. The molecular weight excluding hydrogens is 458 g/mol. The fourth-order valence-corrected chi connectivity index (χ4v) is 4.57. The number of esters is 1. The van der Waals surface area contributed by atoms with Crippen LogP contribution in [0.15, 0.2) is 83.6 Å². The van der Waals surface area contributed by atoms with Crippen molar-refractivity contribution in [2.24, 2.45) is 5.92 Å². The Balaban J connectivity index is 1.49. The fraction of sp³-hybridized carbons (Fsp3) is 0.214. The highest BCUT2D eigenvalue weighted by atomic mass is 16.5. The largest absolute Gasteiger partial charge is 0.496 e. The first-order valence-corrected chi connectivity index (χ1v) is 11.6. The Labute approximate surface area is 208 Å². The summed E-state index contributed by atoms with van der Waals surface area (Å²) in [4.78, 5) is 28.5. The van der Waals surface area contributed by atoms with E-state index in [1.165, 1.54) is 6.39 Å². The summed E-state index contributed by atoms with van der Waals surface area (Å²) in [6.45, 7) is 1.99. The van der Waals surface area contributed by atoms with Gasteiger partial charge in [0.15, 0.2) is 0 Å². The van der Waals surface area contributed by atoms with Crippen LogP contribution in [-0.4, -0.2) is 29.2 Å². The van der Waals surface area contributed by atoms with E-state index in [1.54, 1.807) is 36.3 Å². The number of ether oxygens (including phenoxy) is 2. The maximum atomic E-state index is 13.6. The van der Waals surface area contributed by atoms with E-state index in [2.05, 4.69) is 10.2 Å². The van der Waals surface area contributed by atoms with E-state index in [0.717, 1.165) is 16.8 Å². The lowest BCUT2D eigenvalue weighted by Gasteiger charge is -2.40. The van der Waals surface area contributed by atoms with Gasteiger partial charge < -0.3 is 18.8 Å². The van der Waals surface area contributed by atoms with E-state index in [-0.39, 0.29) is 12.3 Å². The Bertz CT molecular complexity index is 1350. The minimum atomic E-state index is -0.601. The van der Waals surface area contributed by atoms with E-state index in [0.29, 0.717) is 29.4 Å². The van der Waals surface area contributed by atoms with Crippen molar-refractivity contribution >= 4 is 17.6 Å². The summed E-state index contributed by atoms with van der Waals surface area (Å²) in [6.07, 6.45) is 1.85. The molecule has 1 saturated heterocycles. The summed E-state index contributed by atoms with van der Waals surface area (Å²) in [5, 5.41) is 7.57. The van der Waals surface area contributed by atoms with Gasteiger partial charge in [-0.25, -0.2) is 0 Å². The van der Waals surface area contributed by atoms with Gasteiger partial charge in [-0.15, -0.1) is 10.2 Å². The predicted octanol–water partition coefficient (Wildman–Crippen LogP) is 5.14. The molecule has 1 aromatic heterocycles. The molecule has 1 amide bonds. The third-order valence-electron chi connectivity index (χ3n) is 6.35. The Morgan fingerprint density at radius 2 is 1.78 bits per heavy atom. The van der Waals surface area contributed by atoms with Crippen molar-refractivity contribution in [1.82, 2.24) is 10.2 Å². The van der Waals surface area contributed by atoms with Crippen molar-refractivity contribution in [2.45, 2.75) is 25.8 Å². The van der Waals surface area contributed by atoms with Crippen molar-refractivity contribution in [3.05, 3.63) is 90.3 Å². The number of hydrogen-bond donors (Lipinski definition) is 0. The van der Waals surface area contributed by atoms with Crippen molar-refractivity contribution in [3.8, 4) is 23.0 Å². The number of benzene rings is 3. The first kappa shape index (κ1) is 23.3. The summed E-state index contributed by atoms with van der Waals surface area (Å²) >= 11 is 0. The SMILES string of the molecule is COc1ccccc1C1C(C(=O)Oc2ccc(-c3nnco3)cc2)CCC(=O)N1c1ccc(C)cc1. The second-order valence-corrected chi connectivity index (χ2v) is 8.62. The summed E-state index contributed by atoms with van der Waals surface area (Å²) < 4.78 is 16.6. The van der Waals surface area contributed by atoms with E-state index < -0.39 is 17.9 Å². The standard InChI is InChI=1S/C28H25N3O5/c1-18-7-11-20(12-8-18)31-25(32)16-15-23(26(31)22-5-3-4-6-24(22)34-2)28(33)36-21-13-9-19(10-14-21)27-30-29-17-35-27/h3-14,17,23,26H,15-16H2,1-2H3. The van der Waals surface area contributed by atoms with Crippen LogP contribution in [-0.2, 0) is 9.59 Å². The van der Waals surface area contributed by atoms with Crippen LogP contribution in [0.25, 0.3) is 11.5 Å². The molecule has 2 heterocycles. The summed E-state index contributed by atoms with van der Waals surface area (Å²) in [7, 11) is 1.58. The lowest BCUT2D eigenvalue weighted by atomic mass is 9.83. The first-order valence-electron chi connectivity index (χ1n) is 11.6. The quantitative estimate of drug-likeness (QED) is 0.277. The average Bonchev–Trinajstić information content (AvgIpc) is 3.44. The highest BCUT2D eigenvalue weighted by molar-refractivity contribution is 5.97. The third-order valence-corrected chi connectivity index (χ3v) is 6.35. The number of rotatable bonds is 6. The monoisotopic (exact) mass is 483 g/mol. The zero-order valence-corrected chi connectivity index (χ0v) is 20.0. The average molecular weight is 484 g/mol. The zero-order chi connectivity index (χ0) is 25.1. The lowest BCUT2D eigenvalue weighted by molar-refractivity contribution is -0.141. The molecule has 5 rings (SSSR count). The number of anilines is 1. The topological polar surface area (TPSA) is 94.8 Å². The van der Waals surface area contributed by atoms with Crippen LogP contribution in [0.4, 0.5) is 5.69 Å². The number of hydrogen-bond acceptors (Lipinski definition) is 7. The Morgan fingerprint density at radius 3 is 2.47 bits per heavy atom. The van der Waals surface area contributed by atoms with Gasteiger partial charge in [-0.3, -0.25) is 9.59 Å². The molecule has 1 aliphatic rings. The van der Waals surface area contributed by atoms with Gasteiger partial charge in [-0.2, -0.15) is 0 Å². The van der Waals surface area contributed by atoms with Crippen LogP contribution < -0.4 is 14.4 Å². The van der Waals surface area contributed by atoms with E-state index >= 15 is 0 Å². The lowest BCUT2D eigenvalue weighted by Crippen LogP contribution is -2.46. The van der Waals surface area contributed by atoms with Crippen LogP contribution >= 0.6 is 0 Å². The molecule has 8 nitrogen and oxygen atoms in total. The van der Waals surface area contributed by atoms with Gasteiger partial charge in [-0.05, 0) is 55.8 Å². The minimum Gasteiger partial charge on any atom is -0.496 e. The van der Waals surface area contributed by atoms with Gasteiger partial charge in [0.2, 0.25) is 18.2 Å². The van der Waals surface area contributed by atoms with Crippen LogP contribution in [0, 0.1) is 12.8 Å². The molecule has 0 aliphatic carbocycles. The molecule has 1 aliphatic heterocycles. The Morgan fingerprint density at radius 1 is 1.03 bits per heavy atom. The highest BCUT2D eigenvalue weighted by Crippen LogP contribution is 2.43. The zero-order valence-electron chi connectivity index (χ0n) is 20.0. The smallest absolute Gasteiger partial charge is 0.316 e. The number of amides is 1. The number of methoxy groups -OCH3 is 1. The van der Waals surface area contributed by atoms with Crippen molar-refractivity contribution in [3.63, 3.8) is 0 Å². The molecule has 4 aromatic rings. The second kappa shape index (κ2) is 10.0. The number of para-hydroxylation sites is 1. The third kappa shape index (κ3) is 4.57. The first-order chi connectivity index (χ1) is 17.5. The fourth-order valence-electron chi connectivity index (χ4n) is 4.57. The number of nitrogens with zero attached hydrogens (tertiary/aromatic N) is 3.